The minimum Gasteiger partial charge on any atom is -0.365 e. The van der Waals surface area contributed by atoms with Gasteiger partial charge in [-0.05, 0) is 78.6 Å². The molecule has 4 aliphatic carbocycles. The highest BCUT2D eigenvalue weighted by Gasteiger charge is 2.67. The fourth-order valence-electron chi connectivity index (χ4n) is 8.56. The van der Waals surface area contributed by atoms with E-state index in [0.29, 0.717) is 17.3 Å². The van der Waals surface area contributed by atoms with Crippen molar-refractivity contribution in [3.63, 3.8) is 0 Å². The second-order valence-corrected chi connectivity index (χ2v) is 14.5. The molecule has 0 spiro atoms. The molecule has 2 unspecified atom stereocenters. The number of hydrogen-bond acceptors (Lipinski definition) is 4. The number of piperidine rings is 1. The monoisotopic (exact) mass is 522 g/mol. The number of thiocarbonyl (C=S) groups is 1. The zero-order valence-electron chi connectivity index (χ0n) is 20.1. The standard InChI is InChI=1S/C27H39ClN2S3/c1-24(2)17-30(11-8-22(24)29)23(31)26-14-20-12-25(16-26,19-6-4-3-5-7-19)13-21(15-26)27(20,9-10-28)18-33-32/h3-7,20-22,32H,8-18,29H2,1-2H3/t20?,21?,22-,25?,26?,27?/m0/s1. The van der Waals surface area contributed by atoms with Crippen LogP contribution < -0.4 is 5.73 Å². The van der Waals surface area contributed by atoms with E-state index in [0.717, 1.165) is 37.6 Å². The number of benzene rings is 1. The molecule has 33 heavy (non-hydrogen) atoms. The zero-order chi connectivity index (χ0) is 23.5. The van der Waals surface area contributed by atoms with Crippen LogP contribution in [0.3, 0.4) is 0 Å². The van der Waals surface area contributed by atoms with Crippen molar-refractivity contribution in [3.8, 4) is 0 Å². The number of rotatable bonds is 6. The number of hydrogen-bond donors (Lipinski definition) is 2. The minimum atomic E-state index is 0.104. The summed E-state index contributed by atoms with van der Waals surface area (Å²) in [6, 6.07) is 11.6. The van der Waals surface area contributed by atoms with Crippen molar-refractivity contribution < 1.29 is 0 Å². The highest BCUT2D eigenvalue weighted by molar-refractivity contribution is 8.68. The number of nitrogens with two attached hydrogens (primary N) is 1. The van der Waals surface area contributed by atoms with E-state index in [9.17, 15) is 0 Å². The Kier molecular flexibility index (Phi) is 6.65. The van der Waals surface area contributed by atoms with Crippen molar-refractivity contribution in [1.29, 1.82) is 0 Å². The molecule has 1 aromatic carbocycles. The number of thiol groups is 1. The molecule has 0 aromatic heterocycles. The molecule has 0 amide bonds. The molecule has 1 aromatic rings. The molecule has 1 saturated heterocycles. The second-order valence-electron chi connectivity index (χ2n) is 12.4. The van der Waals surface area contributed by atoms with Crippen LogP contribution in [-0.4, -0.2) is 40.7 Å². The molecule has 182 valence electrons. The molecule has 1 aliphatic heterocycles. The Bertz CT molecular complexity index is 865. The quantitative estimate of drug-likeness (QED) is 0.188. The highest BCUT2D eigenvalue weighted by atomic mass is 35.5. The highest BCUT2D eigenvalue weighted by Crippen LogP contribution is 2.73. The van der Waals surface area contributed by atoms with Crippen LogP contribution in [-0.2, 0) is 5.41 Å². The SMILES string of the molecule is CC1(C)CN(C(=S)C23CC4CC(c5ccccc5)(CC(C2)C4(CCCl)CSS)C3)CC[C@@H]1N. The predicted molar refractivity (Wildman–Crippen MR) is 150 cm³/mol. The van der Waals surface area contributed by atoms with Crippen LogP contribution in [0, 0.1) is 28.1 Å². The summed E-state index contributed by atoms with van der Waals surface area (Å²) in [5, 5.41) is 0. The lowest BCUT2D eigenvalue weighted by Gasteiger charge is -2.70. The molecule has 5 aliphatic rings. The van der Waals surface area contributed by atoms with E-state index in [1.165, 1.54) is 42.7 Å². The first kappa shape index (κ1) is 24.7. The Morgan fingerprint density at radius 3 is 2.42 bits per heavy atom. The molecule has 1 heterocycles. The number of halogens is 1. The first-order valence-electron chi connectivity index (χ1n) is 12.6. The van der Waals surface area contributed by atoms with Gasteiger partial charge in [0.2, 0.25) is 0 Å². The van der Waals surface area contributed by atoms with Gasteiger partial charge in [-0.25, -0.2) is 0 Å². The molecular formula is C27H39ClN2S3. The van der Waals surface area contributed by atoms with Gasteiger partial charge in [0.25, 0.3) is 0 Å². The van der Waals surface area contributed by atoms with Gasteiger partial charge in [-0.3, -0.25) is 0 Å². The maximum atomic E-state index is 6.49. The zero-order valence-corrected chi connectivity index (χ0v) is 23.3. The van der Waals surface area contributed by atoms with Crippen molar-refractivity contribution in [3.05, 3.63) is 35.9 Å². The Morgan fingerprint density at radius 2 is 1.85 bits per heavy atom. The van der Waals surface area contributed by atoms with E-state index in [2.05, 4.69) is 60.7 Å². The molecule has 6 heteroatoms. The van der Waals surface area contributed by atoms with Crippen LogP contribution in [0.1, 0.15) is 64.4 Å². The summed E-state index contributed by atoms with van der Waals surface area (Å²) in [6.45, 7) is 6.62. The van der Waals surface area contributed by atoms with Crippen LogP contribution in [0.4, 0.5) is 0 Å². The number of nitrogens with zero attached hydrogens (tertiary/aromatic N) is 1. The molecule has 2 nitrogen and oxygen atoms in total. The van der Waals surface area contributed by atoms with Gasteiger partial charge in [-0.15, -0.1) is 23.3 Å². The largest absolute Gasteiger partial charge is 0.365 e. The van der Waals surface area contributed by atoms with Gasteiger partial charge in [0.05, 0.1) is 4.99 Å². The van der Waals surface area contributed by atoms with E-state index in [1.807, 2.05) is 0 Å². The van der Waals surface area contributed by atoms with E-state index in [1.54, 1.807) is 10.8 Å². The minimum absolute atomic E-state index is 0.104. The predicted octanol–water partition coefficient (Wildman–Crippen LogP) is 6.71. The average molecular weight is 523 g/mol. The van der Waals surface area contributed by atoms with Gasteiger partial charge >= 0.3 is 0 Å². The Balaban J connectivity index is 1.54. The van der Waals surface area contributed by atoms with Crippen molar-refractivity contribution in [2.75, 3.05) is 24.7 Å². The summed E-state index contributed by atoms with van der Waals surface area (Å²) in [6.07, 6.45) is 8.36. The topological polar surface area (TPSA) is 29.3 Å². The van der Waals surface area contributed by atoms with Crippen LogP contribution in [0.25, 0.3) is 0 Å². The van der Waals surface area contributed by atoms with Gasteiger partial charge in [0, 0.05) is 36.2 Å². The van der Waals surface area contributed by atoms with E-state index >= 15 is 0 Å². The Morgan fingerprint density at radius 1 is 1.18 bits per heavy atom. The third-order valence-electron chi connectivity index (χ3n) is 10.2. The lowest BCUT2D eigenvalue weighted by atomic mass is 9.36. The normalized spacial score (nSPS) is 41.4. The fourth-order valence-corrected chi connectivity index (χ4v) is 10.9. The van der Waals surface area contributed by atoms with Gasteiger partial charge in [0.1, 0.15) is 0 Å². The molecule has 4 bridgehead atoms. The summed E-state index contributed by atoms with van der Waals surface area (Å²) >= 11 is 17.6. The summed E-state index contributed by atoms with van der Waals surface area (Å²) in [5.41, 5.74) is 8.80. The van der Waals surface area contributed by atoms with E-state index < -0.39 is 0 Å². The van der Waals surface area contributed by atoms with Crippen LogP contribution in [0.15, 0.2) is 30.3 Å². The molecule has 6 rings (SSSR count). The average Bonchev–Trinajstić information content (AvgIpc) is 2.79. The van der Waals surface area contributed by atoms with Gasteiger partial charge in [-0.2, -0.15) is 0 Å². The summed E-state index contributed by atoms with van der Waals surface area (Å²) in [4.78, 5) is 3.80. The summed E-state index contributed by atoms with van der Waals surface area (Å²) in [5.74, 6) is 3.18. The van der Waals surface area contributed by atoms with Crippen LogP contribution >= 0.6 is 46.3 Å². The van der Waals surface area contributed by atoms with Crippen molar-refractivity contribution in [2.45, 2.75) is 70.3 Å². The number of alkyl halides is 1. The van der Waals surface area contributed by atoms with Gasteiger partial charge in [-0.1, -0.05) is 67.2 Å². The third-order valence-corrected chi connectivity index (χ3v) is 12.1. The first-order chi connectivity index (χ1) is 15.7. The van der Waals surface area contributed by atoms with E-state index in [4.69, 9.17) is 29.6 Å². The third kappa shape index (κ3) is 3.91. The van der Waals surface area contributed by atoms with Gasteiger partial charge in [0.15, 0.2) is 0 Å². The molecule has 3 atom stereocenters. The Hall–Kier alpha value is 0.0600. The van der Waals surface area contributed by atoms with Gasteiger partial charge < -0.3 is 10.6 Å². The lowest BCUT2D eigenvalue weighted by Crippen LogP contribution is -2.67. The first-order valence-corrected chi connectivity index (χ1v) is 15.6. The summed E-state index contributed by atoms with van der Waals surface area (Å²) in [7, 11) is 1.73. The molecule has 0 radical (unpaired) electrons. The van der Waals surface area contributed by atoms with Crippen molar-refractivity contribution >= 4 is 51.3 Å². The summed E-state index contributed by atoms with van der Waals surface area (Å²) < 4.78 is 0. The fraction of sp³-hybridized carbons (Fsp3) is 0.741. The van der Waals surface area contributed by atoms with Crippen molar-refractivity contribution in [1.82, 2.24) is 4.90 Å². The second kappa shape index (κ2) is 8.87. The smallest absolute Gasteiger partial charge is 0.0842 e. The maximum absolute atomic E-state index is 6.49. The number of likely N-dealkylation sites (tertiary alicyclic amines) is 1. The molecular weight excluding hydrogens is 484 g/mol. The maximum Gasteiger partial charge on any atom is 0.0842 e. The van der Waals surface area contributed by atoms with Crippen LogP contribution in [0.2, 0.25) is 0 Å². The molecule has 5 fully saturated rings. The van der Waals surface area contributed by atoms with Crippen molar-refractivity contribution in [2.24, 2.45) is 33.8 Å². The Labute approximate surface area is 220 Å². The molecule has 4 saturated carbocycles. The van der Waals surface area contributed by atoms with Crippen LogP contribution in [0.5, 0.6) is 0 Å². The molecule has 2 N–H and O–H groups in total. The van der Waals surface area contributed by atoms with E-state index in [-0.39, 0.29) is 22.3 Å². The lowest BCUT2D eigenvalue weighted by molar-refractivity contribution is -0.134.